The Morgan fingerprint density at radius 3 is 2.56 bits per heavy atom. The van der Waals surface area contributed by atoms with E-state index in [4.69, 9.17) is 10.00 Å². The third-order valence-electron chi connectivity index (χ3n) is 4.93. The van der Waals surface area contributed by atoms with Crippen molar-refractivity contribution in [3.05, 3.63) is 65.9 Å². The fourth-order valence-corrected chi connectivity index (χ4v) is 3.16. The Kier molecular flexibility index (Phi) is 6.74. The maximum atomic E-state index is 12.8. The minimum absolute atomic E-state index is 0.175. The van der Waals surface area contributed by atoms with E-state index < -0.39 is 18.0 Å². The number of amides is 1. The largest absolute Gasteiger partial charge is 0.454 e. The van der Waals surface area contributed by atoms with Gasteiger partial charge in [0.2, 0.25) is 11.7 Å². The van der Waals surface area contributed by atoms with Gasteiger partial charge in [-0.25, -0.2) is 4.79 Å². The third-order valence-corrected chi connectivity index (χ3v) is 4.93. The Balaban J connectivity index is 1.71. The number of hydrogen-bond donors (Lipinski definition) is 1. The molecule has 7 nitrogen and oxygen atoms in total. The zero-order valence-corrected chi connectivity index (χ0v) is 18.3. The maximum Gasteiger partial charge on any atom is 0.338 e. The van der Waals surface area contributed by atoms with Crippen LogP contribution in [0.5, 0.6) is 0 Å². The van der Waals surface area contributed by atoms with Crippen LogP contribution in [0.1, 0.15) is 47.9 Å². The molecule has 1 heterocycles. The van der Waals surface area contributed by atoms with Crippen LogP contribution in [0.15, 0.2) is 54.7 Å². The first kappa shape index (κ1) is 22.8. The molecule has 3 aromatic rings. The van der Waals surface area contributed by atoms with Crippen LogP contribution in [-0.2, 0) is 16.1 Å². The number of benzene rings is 2. The molecule has 0 atom stereocenters. The molecule has 1 amide bonds. The Morgan fingerprint density at radius 2 is 1.84 bits per heavy atom. The van der Waals surface area contributed by atoms with Crippen LogP contribution in [0.4, 0.5) is 5.69 Å². The SMILES string of the molecule is CC(C)(C)C(=O)Nc1cccc(C(=O)OCC(=O)c2cn(CCC#N)c3ccccc23)c1. The van der Waals surface area contributed by atoms with Crippen LogP contribution >= 0.6 is 0 Å². The molecule has 0 saturated carbocycles. The summed E-state index contributed by atoms with van der Waals surface area (Å²) >= 11 is 0. The number of anilines is 1. The molecule has 2 aromatic carbocycles. The van der Waals surface area contributed by atoms with Crippen molar-refractivity contribution in [2.45, 2.75) is 33.7 Å². The molecular weight excluding hydrogens is 406 g/mol. The van der Waals surface area contributed by atoms with Crippen molar-refractivity contribution >= 4 is 34.3 Å². The second kappa shape index (κ2) is 9.48. The van der Waals surface area contributed by atoms with Gasteiger partial charge in [-0.2, -0.15) is 5.26 Å². The fraction of sp³-hybridized carbons (Fsp3) is 0.280. The van der Waals surface area contributed by atoms with Gasteiger partial charge in [-0.15, -0.1) is 0 Å². The summed E-state index contributed by atoms with van der Waals surface area (Å²) in [6.07, 6.45) is 2.02. The van der Waals surface area contributed by atoms with Gasteiger partial charge >= 0.3 is 5.97 Å². The highest BCUT2D eigenvalue weighted by atomic mass is 16.5. The molecule has 0 aliphatic carbocycles. The van der Waals surface area contributed by atoms with Crippen molar-refractivity contribution in [1.82, 2.24) is 4.57 Å². The Labute approximate surface area is 186 Å². The van der Waals surface area contributed by atoms with Crippen LogP contribution in [0, 0.1) is 16.7 Å². The van der Waals surface area contributed by atoms with E-state index in [0.29, 0.717) is 24.2 Å². The molecule has 0 aliphatic heterocycles. The first-order chi connectivity index (χ1) is 15.2. The molecule has 164 valence electrons. The zero-order valence-electron chi connectivity index (χ0n) is 18.3. The van der Waals surface area contributed by atoms with Gasteiger partial charge < -0.3 is 14.6 Å². The van der Waals surface area contributed by atoms with Gasteiger partial charge in [-0.1, -0.05) is 45.0 Å². The summed E-state index contributed by atoms with van der Waals surface area (Å²) in [5.74, 6) is -1.16. The summed E-state index contributed by atoms with van der Waals surface area (Å²) in [4.78, 5) is 37.5. The zero-order chi connectivity index (χ0) is 23.3. The van der Waals surface area contributed by atoms with Gasteiger partial charge in [0, 0.05) is 40.3 Å². The van der Waals surface area contributed by atoms with Crippen molar-refractivity contribution in [2.75, 3.05) is 11.9 Å². The van der Waals surface area contributed by atoms with Crippen LogP contribution in [0.3, 0.4) is 0 Å². The van der Waals surface area contributed by atoms with Crippen LogP contribution in [-0.4, -0.2) is 28.8 Å². The molecule has 0 saturated heterocycles. The highest BCUT2D eigenvalue weighted by Gasteiger charge is 2.22. The van der Waals surface area contributed by atoms with Gasteiger partial charge in [0.15, 0.2) is 6.61 Å². The number of Topliss-reactive ketones (excluding diaryl/α,β-unsaturated/α-hetero) is 1. The highest BCUT2D eigenvalue weighted by Crippen LogP contribution is 2.23. The number of nitriles is 1. The number of ether oxygens (including phenoxy) is 1. The second-order valence-corrected chi connectivity index (χ2v) is 8.45. The summed E-state index contributed by atoms with van der Waals surface area (Å²) in [6.45, 7) is 5.44. The average molecular weight is 431 g/mol. The lowest BCUT2D eigenvalue weighted by molar-refractivity contribution is -0.123. The van der Waals surface area contributed by atoms with E-state index in [1.54, 1.807) is 45.2 Å². The van der Waals surface area contributed by atoms with Gasteiger partial charge in [0.1, 0.15) is 0 Å². The van der Waals surface area contributed by atoms with Gasteiger partial charge in [0.05, 0.1) is 18.1 Å². The molecule has 0 bridgehead atoms. The number of ketones is 1. The number of fused-ring (bicyclic) bond motifs is 1. The number of para-hydroxylation sites is 1. The van der Waals surface area contributed by atoms with Crippen molar-refractivity contribution in [2.24, 2.45) is 5.41 Å². The number of hydrogen-bond acceptors (Lipinski definition) is 5. The second-order valence-electron chi connectivity index (χ2n) is 8.45. The number of aryl methyl sites for hydroxylation is 1. The summed E-state index contributed by atoms with van der Waals surface area (Å²) in [6, 6.07) is 15.9. The quantitative estimate of drug-likeness (QED) is 0.436. The number of carbonyl (C=O) groups is 3. The van der Waals surface area contributed by atoms with E-state index in [2.05, 4.69) is 11.4 Å². The summed E-state index contributed by atoms with van der Waals surface area (Å²) < 4.78 is 7.10. The van der Waals surface area contributed by atoms with Gasteiger partial charge in [-0.3, -0.25) is 9.59 Å². The van der Waals surface area contributed by atoms with Gasteiger partial charge in [-0.05, 0) is 24.3 Å². The maximum absolute atomic E-state index is 12.8. The number of nitrogens with one attached hydrogen (secondary N) is 1. The lowest BCUT2D eigenvalue weighted by atomic mass is 9.95. The van der Waals surface area contributed by atoms with Crippen molar-refractivity contribution in [1.29, 1.82) is 5.26 Å². The van der Waals surface area contributed by atoms with Crippen molar-refractivity contribution in [3.63, 3.8) is 0 Å². The highest BCUT2D eigenvalue weighted by molar-refractivity contribution is 6.09. The minimum Gasteiger partial charge on any atom is -0.454 e. The Bertz CT molecular complexity index is 1210. The van der Waals surface area contributed by atoms with E-state index in [1.807, 2.05) is 28.8 Å². The van der Waals surface area contributed by atoms with Gasteiger partial charge in [0.25, 0.3) is 0 Å². The first-order valence-electron chi connectivity index (χ1n) is 10.3. The van der Waals surface area contributed by atoms with Crippen molar-refractivity contribution < 1.29 is 19.1 Å². The normalized spacial score (nSPS) is 11.1. The van der Waals surface area contributed by atoms with E-state index in [-0.39, 0.29) is 17.3 Å². The number of aromatic nitrogens is 1. The number of nitrogens with zero attached hydrogens (tertiary/aromatic N) is 2. The number of esters is 1. The number of carbonyl (C=O) groups excluding carboxylic acids is 3. The lowest BCUT2D eigenvalue weighted by Crippen LogP contribution is -2.27. The van der Waals surface area contributed by atoms with E-state index in [1.165, 1.54) is 6.07 Å². The molecule has 1 aromatic heterocycles. The standard InChI is InChI=1S/C25H25N3O4/c1-25(2,3)24(31)27-18-9-6-8-17(14-18)23(30)32-16-22(29)20-15-28(13-7-12-26)21-11-5-4-10-19(20)21/h4-6,8-11,14-15H,7,13,16H2,1-3H3,(H,27,31). The van der Waals surface area contributed by atoms with Crippen LogP contribution in [0.25, 0.3) is 10.9 Å². The molecule has 0 spiro atoms. The average Bonchev–Trinajstić information content (AvgIpc) is 3.14. The molecule has 0 unspecified atom stereocenters. The predicted octanol–water partition coefficient (Wildman–Crippen LogP) is 4.58. The molecular formula is C25H25N3O4. The third kappa shape index (κ3) is 5.22. The molecule has 0 aliphatic rings. The molecule has 3 rings (SSSR count). The molecule has 1 N–H and O–H groups in total. The predicted molar refractivity (Wildman–Crippen MR) is 121 cm³/mol. The van der Waals surface area contributed by atoms with E-state index >= 15 is 0 Å². The van der Waals surface area contributed by atoms with Crippen LogP contribution < -0.4 is 5.32 Å². The molecule has 0 fully saturated rings. The Hall–Kier alpha value is -3.92. The molecule has 32 heavy (non-hydrogen) atoms. The first-order valence-corrected chi connectivity index (χ1v) is 10.3. The molecule has 7 heteroatoms. The summed E-state index contributed by atoms with van der Waals surface area (Å²) in [7, 11) is 0. The summed E-state index contributed by atoms with van der Waals surface area (Å²) in [5, 5.41) is 12.4. The van der Waals surface area contributed by atoms with E-state index in [0.717, 1.165) is 10.9 Å². The van der Waals surface area contributed by atoms with Crippen molar-refractivity contribution in [3.8, 4) is 6.07 Å². The van der Waals surface area contributed by atoms with Crippen LogP contribution in [0.2, 0.25) is 0 Å². The molecule has 0 radical (unpaired) electrons. The Morgan fingerprint density at radius 1 is 1.09 bits per heavy atom. The van der Waals surface area contributed by atoms with E-state index in [9.17, 15) is 14.4 Å². The summed E-state index contributed by atoms with van der Waals surface area (Å²) in [5.41, 5.74) is 1.43. The lowest BCUT2D eigenvalue weighted by Gasteiger charge is -2.17. The topological polar surface area (TPSA) is 101 Å². The smallest absolute Gasteiger partial charge is 0.338 e. The monoisotopic (exact) mass is 431 g/mol. The fourth-order valence-electron chi connectivity index (χ4n) is 3.16. The minimum atomic E-state index is -0.654. The number of rotatable bonds is 7.